The van der Waals surface area contributed by atoms with Gasteiger partial charge in [-0.2, -0.15) is 5.10 Å². The van der Waals surface area contributed by atoms with E-state index in [-0.39, 0.29) is 5.88 Å². The van der Waals surface area contributed by atoms with Crippen LogP contribution in [0.5, 0.6) is 5.88 Å². The summed E-state index contributed by atoms with van der Waals surface area (Å²) in [7, 11) is 1.76. The van der Waals surface area contributed by atoms with E-state index in [0.29, 0.717) is 11.2 Å². The normalized spacial score (nSPS) is 10.5. The van der Waals surface area contributed by atoms with Gasteiger partial charge >= 0.3 is 0 Å². The lowest BCUT2D eigenvalue weighted by atomic mass is 10.2. The molecule has 2 rings (SSSR count). The van der Waals surface area contributed by atoms with Crippen LogP contribution in [-0.4, -0.2) is 27.3 Å². The Balaban J connectivity index is 2.81. The van der Waals surface area contributed by atoms with Crippen molar-refractivity contribution in [1.82, 2.24) is 15.2 Å². The molecule has 0 aliphatic carbocycles. The van der Waals surface area contributed by atoms with Gasteiger partial charge in [-0.15, -0.1) is 5.10 Å². The van der Waals surface area contributed by atoms with E-state index in [4.69, 9.17) is 0 Å². The minimum atomic E-state index is -0.0907. The van der Waals surface area contributed by atoms with E-state index in [1.165, 1.54) is 0 Å². The number of hydrogen-bond acceptors (Lipinski definition) is 5. The highest BCUT2D eigenvalue weighted by molar-refractivity contribution is 5.95. The highest BCUT2D eigenvalue weighted by Gasteiger charge is 2.09. The number of nitrogens with one attached hydrogen (secondary N) is 1. The Bertz CT molecular complexity index is 498. The van der Waals surface area contributed by atoms with Gasteiger partial charge in [0.1, 0.15) is 5.82 Å². The van der Waals surface area contributed by atoms with Crippen LogP contribution < -0.4 is 5.32 Å². The van der Waals surface area contributed by atoms with Crippen LogP contribution in [0.4, 0.5) is 5.82 Å². The second-order valence-corrected chi connectivity index (χ2v) is 3.20. The third-order valence-electron chi connectivity index (χ3n) is 2.27. The lowest BCUT2D eigenvalue weighted by Crippen LogP contribution is -1.98. The zero-order valence-corrected chi connectivity index (χ0v) is 8.65. The molecule has 0 atom stereocenters. The van der Waals surface area contributed by atoms with E-state index < -0.39 is 0 Å². The van der Waals surface area contributed by atoms with Crippen LogP contribution in [0.25, 0.3) is 10.8 Å². The maximum absolute atomic E-state index is 9.59. The summed E-state index contributed by atoms with van der Waals surface area (Å²) in [5, 5.41) is 21.3. The average Bonchev–Trinajstić information content (AvgIpc) is 2.27. The minimum absolute atomic E-state index is 0.0907. The molecule has 15 heavy (non-hydrogen) atoms. The number of anilines is 1. The van der Waals surface area contributed by atoms with Gasteiger partial charge in [0.05, 0.1) is 11.6 Å². The summed E-state index contributed by atoms with van der Waals surface area (Å²) in [4.78, 5) is 4.36. The summed E-state index contributed by atoms with van der Waals surface area (Å²) in [5.74, 6) is 0.545. The lowest BCUT2D eigenvalue weighted by molar-refractivity contribution is 0.452. The molecule has 2 aromatic rings. The van der Waals surface area contributed by atoms with Crippen molar-refractivity contribution in [1.29, 1.82) is 0 Å². The van der Waals surface area contributed by atoms with Crippen LogP contribution in [0.1, 0.15) is 12.6 Å². The third kappa shape index (κ3) is 1.56. The molecule has 0 aromatic carbocycles. The first-order valence-electron chi connectivity index (χ1n) is 4.78. The van der Waals surface area contributed by atoms with E-state index in [0.717, 1.165) is 17.5 Å². The SMILES string of the molecule is CCc1cc2cnnc(O)c2c(NC)n1. The van der Waals surface area contributed by atoms with Crippen molar-refractivity contribution < 1.29 is 5.11 Å². The molecule has 0 spiro atoms. The summed E-state index contributed by atoms with van der Waals surface area (Å²) in [5.41, 5.74) is 0.958. The fourth-order valence-corrected chi connectivity index (χ4v) is 1.51. The first kappa shape index (κ1) is 9.64. The molecule has 0 bridgehead atoms. The van der Waals surface area contributed by atoms with Crippen LogP contribution in [0, 0.1) is 0 Å². The van der Waals surface area contributed by atoms with Crippen LogP contribution in [0.2, 0.25) is 0 Å². The molecule has 78 valence electrons. The van der Waals surface area contributed by atoms with Gasteiger partial charge in [-0.05, 0) is 12.5 Å². The molecule has 0 radical (unpaired) electrons. The number of fused-ring (bicyclic) bond motifs is 1. The molecule has 2 aromatic heterocycles. The number of aromatic hydroxyl groups is 1. The minimum Gasteiger partial charge on any atom is -0.492 e. The summed E-state index contributed by atoms with van der Waals surface area (Å²) < 4.78 is 0. The number of hydrogen-bond donors (Lipinski definition) is 2. The van der Waals surface area contributed by atoms with Gasteiger partial charge in [0.2, 0.25) is 5.88 Å². The van der Waals surface area contributed by atoms with Crippen molar-refractivity contribution >= 4 is 16.6 Å². The standard InChI is InChI=1S/C10H12N4O/c1-3-7-4-6-5-12-14-10(15)8(6)9(11-2)13-7/h4-5H,3H2,1-2H3,(H,11,13)(H,14,15). The first-order chi connectivity index (χ1) is 7.26. The number of pyridine rings is 1. The summed E-state index contributed by atoms with van der Waals surface area (Å²) >= 11 is 0. The Morgan fingerprint density at radius 3 is 2.93 bits per heavy atom. The smallest absolute Gasteiger partial charge is 0.242 e. The van der Waals surface area contributed by atoms with E-state index in [2.05, 4.69) is 20.5 Å². The van der Waals surface area contributed by atoms with Crippen LogP contribution in [0.15, 0.2) is 12.3 Å². The fourth-order valence-electron chi connectivity index (χ4n) is 1.51. The quantitative estimate of drug-likeness (QED) is 0.772. The highest BCUT2D eigenvalue weighted by atomic mass is 16.3. The van der Waals surface area contributed by atoms with Crippen LogP contribution >= 0.6 is 0 Å². The Hall–Kier alpha value is -1.91. The molecule has 2 N–H and O–H groups in total. The summed E-state index contributed by atoms with van der Waals surface area (Å²) in [6.07, 6.45) is 2.46. The zero-order chi connectivity index (χ0) is 10.8. The van der Waals surface area contributed by atoms with Crippen molar-refractivity contribution in [3.63, 3.8) is 0 Å². The number of aromatic nitrogens is 3. The molecule has 5 nitrogen and oxygen atoms in total. The Morgan fingerprint density at radius 2 is 2.27 bits per heavy atom. The van der Waals surface area contributed by atoms with Crippen LogP contribution in [-0.2, 0) is 6.42 Å². The predicted octanol–water partition coefficient (Wildman–Crippen LogP) is 1.33. The second-order valence-electron chi connectivity index (χ2n) is 3.20. The fraction of sp³-hybridized carbons (Fsp3) is 0.300. The van der Waals surface area contributed by atoms with Gasteiger partial charge in [0.25, 0.3) is 0 Å². The molecule has 5 heteroatoms. The maximum Gasteiger partial charge on any atom is 0.242 e. The van der Waals surface area contributed by atoms with Gasteiger partial charge in [-0.25, -0.2) is 4.98 Å². The molecule has 2 heterocycles. The molecular weight excluding hydrogens is 192 g/mol. The predicted molar refractivity (Wildman–Crippen MR) is 57.9 cm³/mol. The molecule has 0 fully saturated rings. The summed E-state index contributed by atoms with van der Waals surface area (Å²) in [6, 6.07) is 1.91. The van der Waals surface area contributed by atoms with Crippen molar-refractivity contribution in [2.24, 2.45) is 0 Å². The number of nitrogens with zero attached hydrogens (tertiary/aromatic N) is 3. The molecule has 0 amide bonds. The summed E-state index contributed by atoms with van der Waals surface area (Å²) in [6.45, 7) is 2.03. The van der Waals surface area contributed by atoms with E-state index in [9.17, 15) is 5.11 Å². The topological polar surface area (TPSA) is 70.9 Å². The molecule has 0 unspecified atom stereocenters. The third-order valence-corrected chi connectivity index (χ3v) is 2.27. The number of rotatable bonds is 2. The molecule has 0 aliphatic heterocycles. The highest BCUT2D eigenvalue weighted by Crippen LogP contribution is 2.27. The Labute approximate surface area is 87.2 Å². The Kier molecular flexibility index (Phi) is 2.37. The molecule has 0 aliphatic rings. The van der Waals surface area contributed by atoms with Gasteiger partial charge in [-0.3, -0.25) is 0 Å². The molecule has 0 saturated heterocycles. The Morgan fingerprint density at radius 1 is 1.47 bits per heavy atom. The molecule has 0 saturated carbocycles. The van der Waals surface area contributed by atoms with Crippen LogP contribution in [0.3, 0.4) is 0 Å². The van der Waals surface area contributed by atoms with Gasteiger partial charge in [-0.1, -0.05) is 6.92 Å². The largest absolute Gasteiger partial charge is 0.492 e. The van der Waals surface area contributed by atoms with Crippen molar-refractivity contribution in [3.8, 4) is 5.88 Å². The van der Waals surface area contributed by atoms with Gasteiger partial charge < -0.3 is 10.4 Å². The van der Waals surface area contributed by atoms with Gasteiger partial charge in [0, 0.05) is 18.1 Å². The maximum atomic E-state index is 9.59. The average molecular weight is 204 g/mol. The molecular formula is C10H12N4O. The van der Waals surface area contributed by atoms with Crippen molar-refractivity contribution in [2.45, 2.75) is 13.3 Å². The van der Waals surface area contributed by atoms with Crippen molar-refractivity contribution in [3.05, 3.63) is 18.0 Å². The zero-order valence-electron chi connectivity index (χ0n) is 8.65. The van der Waals surface area contributed by atoms with Crippen molar-refractivity contribution in [2.75, 3.05) is 12.4 Å². The number of aryl methyl sites for hydroxylation is 1. The monoisotopic (exact) mass is 204 g/mol. The lowest BCUT2D eigenvalue weighted by Gasteiger charge is -2.07. The van der Waals surface area contributed by atoms with E-state index in [1.54, 1.807) is 13.2 Å². The second kappa shape index (κ2) is 3.68. The van der Waals surface area contributed by atoms with E-state index in [1.807, 2.05) is 13.0 Å². The van der Waals surface area contributed by atoms with E-state index >= 15 is 0 Å². The first-order valence-corrected chi connectivity index (χ1v) is 4.78. The van der Waals surface area contributed by atoms with Gasteiger partial charge in [0.15, 0.2) is 0 Å².